The quantitative estimate of drug-likeness (QED) is 0.462. The second kappa shape index (κ2) is 7.81. The Morgan fingerprint density at radius 2 is 1.61 bits per heavy atom. The zero-order valence-corrected chi connectivity index (χ0v) is 18.0. The molecule has 3 aromatic rings. The van der Waals surface area contributed by atoms with E-state index in [4.69, 9.17) is 9.47 Å². The molecule has 7 nitrogen and oxygen atoms in total. The van der Waals surface area contributed by atoms with Gasteiger partial charge in [0.15, 0.2) is 5.75 Å². The van der Waals surface area contributed by atoms with Crippen LogP contribution in [-0.2, 0) is 4.74 Å². The van der Waals surface area contributed by atoms with Gasteiger partial charge in [0, 0.05) is 4.47 Å². The first-order chi connectivity index (χ1) is 13.4. The Hall–Kier alpha value is -1.36. The van der Waals surface area contributed by atoms with Crippen molar-refractivity contribution in [1.82, 2.24) is 9.97 Å². The molecule has 0 spiro atoms. The van der Waals surface area contributed by atoms with E-state index in [0.29, 0.717) is 33.2 Å². The smallest absolute Gasteiger partial charge is 0.229 e. The number of aliphatic hydroxyl groups is 3. The maximum Gasteiger partial charge on any atom is 0.229 e. The summed E-state index contributed by atoms with van der Waals surface area (Å²) in [6.45, 7) is 1.82. The summed E-state index contributed by atoms with van der Waals surface area (Å²) < 4.78 is 13.0. The molecule has 0 unspecified atom stereocenters. The highest BCUT2D eigenvalue weighted by molar-refractivity contribution is 9.11. The number of aromatic nitrogens is 2. The molecule has 9 heteroatoms. The lowest BCUT2D eigenvalue weighted by molar-refractivity contribution is -0.272. The molecule has 1 fully saturated rings. The van der Waals surface area contributed by atoms with Crippen LogP contribution in [0.2, 0.25) is 0 Å². The monoisotopic (exact) mass is 512 g/mol. The molecule has 4 rings (SSSR count). The molecule has 2 aromatic carbocycles. The van der Waals surface area contributed by atoms with Crippen LogP contribution in [0.4, 0.5) is 0 Å². The van der Waals surface area contributed by atoms with E-state index in [2.05, 4.69) is 41.8 Å². The molecule has 0 radical (unpaired) electrons. The van der Waals surface area contributed by atoms with E-state index in [1.54, 1.807) is 6.07 Å². The van der Waals surface area contributed by atoms with E-state index < -0.39 is 30.7 Å². The number of ether oxygens (including phenoxy) is 2. The number of aliphatic hydroxyl groups excluding tert-OH is 3. The lowest BCUT2D eigenvalue weighted by Gasteiger charge is -2.40. The summed E-state index contributed by atoms with van der Waals surface area (Å²) in [6.07, 6.45) is -5.35. The highest BCUT2D eigenvalue weighted by Gasteiger charge is 2.44. The predicted octanol–water partition coefficient (Wildman–Crippen LogP) is 2.90. The van der Waals surface area contributed by atoms with Crippen molar-refractivity contribution in [3.63, 3.8) is 0 Å². The van der Waals surface area contributed by atoms with Crippen LogP contribution < -0.4 is 4.74 Å². The van der Waals surface area contributed by atoms with E-state index >= 15 is 0 Å². The first kappa shape index (κ1) is 19.9. The predicted molar refractivity (Wildman–Crippen MR) is 110 cm³/mol. The molecule has 3 N–H and O–H groups in total. The Labute approximate surface area is 177 Å². The molecule has 1 saturated heterocycles. The highest BCUT2D eigenvalue weighted by atomic mass is 79.9. The minimum atomic E-state index is -1.42. The zero-order chi connectivity index (χ0) is 20.0. The minimum absolute atomic E-state index is 0.332. The molecule has 5 atom stereocenters. The van der Waals surface area contributed by atoms with E-state index in [1.165, 1.54) is 0 Å². The topological polar surface area (TPSA) is 105 Å². The van der Waals surface area contributed by atoms with Gasteiger partial charge in [0.2, 0.25) is 6.29 Å². The van der Waals surface area contributed by atoms with Gasteiger partial charge in [-0.15, -0.1) is 0 Å². The van der Waals surface area contributed by atoms with Gasteiger partial charge in [-0.05, 0) is 56.5 Å². The van der Waals surface area contributed by atoms with Gasteiger partial charge in [-0.1, -0.05) is 19.1 Å². The number of halogens is 2. The van der Waals surface area contributed by atoms with Gasteiger partial charge in [-0.2, -0.15) is 0 Å². The Morgan fingerprint density at radius 3 is 2.25 bits per heavy atom. The number of hydrogen-bond donors (Lipinski definition) is 3. The number of benzene rings is 2. The first-order valence-corrected chi connectivity index (χ1v) is 10.4. The molecule has 0 bridgehead atoms. The summed E-state index contributed by atoms with van der Waals surface area (Å²) in [5, 5.41) is 30.6. The lowest BCUT2D eigenvalue weighted by Crippen LogP contribution is -2.58. The molecule has 0 aliphatic carbocycles. The molecule has 0 saturated carbocycles. The van der Waals surface area contributed by atoms with Crippen molar-refractivity contribution < 1.29 is 24.8 Å². The third kappa shape index (κ3) is 3.40. The van der Waals surface area contributed by atoms with Gasteiger partial charge in [0.1, 0.15) is 29.3 Å². The van der Waals surface area contributed by atoms with E-state index in [1.807, 2.05) is 31.2 Å². The van der Waals surface area contributed by atoms with Gasteiger partial charge in [-0.3, -0.25) is 0 Å². The van der Waals surface area contributed by atoms with Gasteiger partial charge in [-0.25, -0.2) is 9.97 Å². The van der Waals surface area contributed by atoms with Crippen LogP contribution in [0.25, 0.3) is 22.1 Å². The molecular weight excluding hydrogens is 496 g/mol. The van der Waals surface area contributed by atoms with Crippen molar-refractivity contribution in [2.24, 2.45) is 0 Å². The largest absolute Gasteiger partial charge is 0.458 e. The van der Waals surface area contributed by atoms with Crippen LogP contribution in [-0.4, -0.2) is 56.0 Å². The summed E-state index contributed by atoms with van der Waals surface area (Å²) >= 11 is 6.97. The summed E-state index contributed by atoms with van der Waals surface area (Å²) in [4.78, 5) is 9.31. The summed E-state index contributed by atoms with van der Waals surface area (Å²) in [7, 11) is 0. The third-order valence-electron chi connectivity index (χ3n) is 4.79. The fourth-order valence-electron chi connectivity index (χ4n) is 3.26. The first-order valence-electron chi connectivity index (χ1n) is 8.81. The number of nitrogens with zero attached hydrogens (tertiary/aromatic N) is 2. The van der Waals surface area contributed by atoms with Gasteiger partial charge in [0.25, 0.3) is 0 Å². The van der Waals surface area contributed by atoms with Crippen LogP contribution in [0, 0.1) is 0 Å². The van der Waals surface area contributed by atoms with Crippen LogP contribution in [0.1, 0.15) is 13.3 Å². The Balaban J connectivity index is 1.81. The van der Waals surface area contributed by atoms with Crippen LogP contribution in [0.15, 0.2) is 39.3 Å². The van der Waals surface area contributed by atoms with Crippen molar-refractivity contribution in [3.05, 3.63) is 39.3 Å². The average Bonchev–Trinajstić information content (AvgIpc) is 2.69. The SMILES string of the molecule is CC[C@H]1O[C@@H](Oc2c(Br)cc(Br)c3nc4ccccc4nc23)[C@H](O)[C@@H](O)[C@@H]1O. The van der Waals surface area contributed by atoms with Crippen LogP contribution in [0.5, 0.6) is 5.75 Å². The lowest BCUT2D eigenvalue weighted by atomic mass is 9.97. The van der Waals surface area contributed by atoms with Gasteiger partial charge < -0.3 is 24.8 Å². The number of fused-ring (bicyclic) bond motifs is 2. The second-order valence-corrected chi connectivity index (χ2v) is 8.33. The molecule has 0 amide bonds. The maximum atomic E-state index is 10.4. The highest BCUT2D eigenvalue weighted by Crippen LogP contribution is 2.39. The van der Waals surface area contributed by atoms with E-state index in [-0.39, 0.29) is 0 Å². The summed E-state index contributed by atoms with van der Waals surface area (Å²) in [5.41, 5.74) is 2.50. The fraction of sp³-hybridized carbons (Fsp3) is 0.368. The summed E-state index contributed by atoms with van der Waals surface area (Å²) in [5.74, 6) is 0.332. The number of rotatable bonds is 3. The van der Waals surface area contributed by atoms with Gasteiger partial charge in [0.05, 0.1) is 21.6 Å². The molecule has 1 aliphatic rings. The van der Waals surface area contributed by atoms with Crippen LogP contribution in [0.3, 0.4) is 0 Å². The van der Waals surface area contributed by atoms with Crippen molar-refractivity contribution in [2.75, 3.05) is 0 Å². The Morgan fingerprint density at radius 1 is 0.964 bits per heavy atom. The van der Waals surface area contributed by atoms with Crippen molar-refractivity contribution >= 4 is 53.9 Å². The fourth-order valence-corrected chi connectivity index (χ4v) is 4.59. The third-order valence-corrected chi connectivity index (χ3v) is 5.98. The maximum absolute atomic E-state index is 10.4. The van der Waals surface area contributed by atoms with E-state index in [9.17, 15) is 15.3 Å². The number of hydrogen-bond acceptors (Lipinski definition) is 7. The number of para-hydroxylation sites is 2. The second-order valence-electron chi connectivity index (χ2n) is 6.62. The van der Waals surface area contributed by atoms with Crippen LogP contribution >= 0.6 is 31.9 Å². The van der Waals surface area contributed by atoms with Gasteiger partial charge >= 0.3 is 0 Å². The zero-order valence-electron chi connectivity index (χ0n) is 14.8. The molecular formula is C19H18Br2N2O5. The van der Waals surface area contributed by atoms with Crippen molar-refractivity contribution in [1.29, 1.82) is 0 Å². The van der Waals surface area contributed by atoms with E-state index in [0.717, 1.165) is 9.99 Å². The standard InChI is InChI=1S/C19H18Br2N2O5/c1-2-12-15(24)16(25)17(26)19(27-12)28-18-9(21)7-8(20)13-14(18)23-11-6-4-3-5-10(11)22-13/h3-7,12,15-17,19,24-26H,2H2,1H3/t12-,15-,16+,17-,19+/m1/s1. The molecule has 28 heavy (non-hydrogen) atoms. The average molecular weight is 514 g/mol. The molecule has 148 valence electrons. The Bertz CT molecular complexity index is 1030. The Kier molecular flexibility index (Phi) is 5.56. The van der Waals surface area contributed by atoms with Crippen molar-refractivity contribution in [3.8, 4) is 5.75 Å². The normalized spacial score (nSPS) is 28.0. The van der Waals surface area contributed by atoms with Crippen molar-refractivity contribution in [2.45, 2.75) is 44.1 Å². The molecule has 2 heterocycles. The summed E-state index contributed by atoms with van der Waals surface area (Å²) in [6, 6.07) is 9.25. The molecule has 1 aromatic heterocycles. The minimum Gasteiger partial charge on any atom is -0.458 e. The molecule has 1 aliphatic heterocycles.